The van der Waals surface area contributed by atoms with Gasteiger partial charge in [0.15, 0.2) is 0 Å². The quantitative estimate of drug-likeness (QED) is 0.441. The van der Waals surface area contributed by atoms with E-state index < -0.39 is 6.43 Å². The summed E-state index contributed by atoms with van der Waals surface area (Å²) in [6, 6.07) is 5.77. The second-order valence-corrected chi connectivity index (χ2v) is 4.58. The summed E-state index contributed by atoms with van der Waals surface area (Å²) in [6.45, 7) is 9.40. The standard InChI is InChI=1S/C17H19F3O/c1-4-16(11-12(2)5-10-17(19)20)21-13(3)14-6-8-15(18)9-7-14/h6-9,11,17H,2-5,10H2,1H3/b16-11+. The Morgan fingerprint density at radius 2 is 1.86 bits per heavy atom. The zero-order chi connectivity index (χ0) is 15.8. The summed E-state index contributed by atoms with van der Waals surface area (Å²) in [5, 5.41) is 0. The van der Waals surface area contributed by atoms with Gasteiger partial charge in [-0.2, -0.15) is 0 Å². The SMILES string of the molecule is C=C(/C=C(\CC)OC(=C)c1ccc(F)cc1)CCC(F)F. The monoisotopic (exact) mass is 296 g/mol. The summed E-state index contributed by atoms with van der Waals surface area (Å²) < 4.78 is 42.7. The number of ether oxygens (including phenoxy) is 1. The minimum atomic E-state index is -2.34. The smallest absolute Gasteiger partial charge is 0.239 e. The number of hydrogen-bond acceptors (Lipinski definition) is 1. The Morgan fingerprint density at radius 1 is 1.24 bits per heavy atom. The summed E-state index contributed by atoms with van der Waals surface area (Å²) in [5.41, 5.74) is 1.24. The molecule has 1 aromatic rings. The molecule has 0 aromatic heterocycles. The lowest BCUT2D eigenvalue weighted by Gasteiger charge is -2.12. The van der Waals surface area contributed by atoms with Crippen molar-refractivity contribution in [2.45, 2.75) is 32.6 Å². The molecule has 1 nitrogen and oxygen atoms in total. The van der Waals surface area contributed by atoms with Crippen molar-refractivity contribution in [2.75, 3.05) is 0 Å². The second kappa shape index (κ2) is 8.35. The van der Waals surface area contributed by atoms with Gasteiger partial charge in [-0.3, -0.25) is 0 Å². The number of benzene rings is 1. The van der Waals surface area contributed by atoms with E-state index in [0.717, 1.165) is 0 Å². The van der Waals surface area contributed by atoms with E-state index in [1.165, 1.54) is 12.1 Å². The van der Waals surface area contributed by atoms with Crippen molar-refractivity contribution in [3.63, 3.8) is 0 Å². The topological polar surface area (TPSA) is 9.23 Å². The van der Waals surface area contributed by atoms with Gasteiger partial charge in [0.1, 0.15) is 17.3 Å². The maximum atomic E-state index is 12.8. The van der Waals surface area contributed by atoms with Crippen LogP contribution >= 0.6 is 0 Å². The minimum Gasteiger partial charge on any atom is -0.462 e. The van der Waals surface area contributed by atoms with Crippen molar-refractivity contribution in [2.24, 2.45) is 0 Å². The van der Waals surface area contributed by atoms with Crippen LogP contribution in [0.25, 0.3) is 5.76 Å². The number of alkyl halides is 2. The summed E-state index contributed by atoms with van der Waals surface area (Å²) in [6.07, 6.45) is -0.112. The second-order valence-electron chi connectivity index (χ2n) is 4.58. The number of allylic oxidation sites excluding steroid dienone is 3. The highest BCUT2D eigenvalue weighted by molar-refractivity contribution is 5.58. The fraction of sp³-hybridized carbons (Fsp3) is 0.294. The molecule has 0 aliphatic heterocycles. The maximum Gasteiger partial charge on any atom is 0.239 e. The van der Waals surface area contributed by atoms with Crippen LogP contribution in [0.5, 0.6) is 0 Å². The van der Waals surface area contributed by atoms with Crippen LogP contribution in [0.3, 0.4) is 0 Å². The summed E-state index contributed by atoms with van der Waals surface area (Å²) in [4.78, 5) is 0. The van der Waals surface area contributed by atoms with Crippen LogP contribution in [0.1, 0.15) is 31.7 Å². The zero-order valence-corrected chi connectivity index (χ0v) is 12.0. The van der Waals surface area contributed by atoms with E-state index in [1.807, 2.05) is 6.92 Å². The highest BCUT2D eigenvalue weighted by Gasteiger charge is 2.06. The molecule has 114 valence electrons. The van der Waals surface area contributed by atoms with Crippen molar-refractivity contribution >= 4 is 5.76 Å². The van der Waals surface area contributed by atoms with Gasteiger partial charge >= 0.3 is 0 Å². The van der Waals surface area contributed by atoms with Crippen molar-refractivity contribution in [1.29, 1.82) is 0 Å². The van der Waals surface area contributed by atoms with Crippen molar-refractivity contribution in [3.8, 4) is 0 Å². The van der Waals surface area contributed by atoms with Crippen LogP contribution in [-0.4, -0.2) is 6.43 Å². The van der Waals surface area contributed by atoms with Crippen LogP contribution in [0, 0.1) is 5.82 Å². The van der Waals surface area contributed by atoms with Gasteiger partial charge in [-0.25, -0.2) is 13.2 Å². The summed E-state index contributed by atoms with van der Waals surface area (Å²) in [5.74, 6) is 0.631. The highest BCUT2D eigenvalue weighted by Crippen LogP contribution is 2.21. The molecule has 0 saturated heterocycles. The molecule has 0 atom stereocenters. The van der Waals surface area contributed by atoms with Gasteiger partial charge in [0.2, 0.25) is 6.43 Å². The summed E-state index contributed by atoms with van der Waals surface area (Å²) in [7, 11) is 0. The molecule has 0 aliphatic carbocycles. The van der Waals surface area contributed by atoms with E-state index in [0.29, 0.717) is 29.1 Å². The fourth-order valence-corrected chi connectivity index (χ4v) is 1.65. The normalized spacial score (nSPS) is 11.6. The Hall–Kier alpha value is -1.97. The maximum absolute atomic E-state index is 12.8. The Morgan fingerprint density at radius 3 is 2.38 bits per heavy atom. The molecule has 1 rings (SSSR count). The molecule has 0 spiro atoms. The molecule has 0 aliphatic rings. The molecule has 0 amide bonds. The molecule has 0 unspecified atom stereocenters. The number of hydrogen-bond donors (Lipinski definition) is 0. The van der Waals surface area contributed by atoms with Gasteiger partial charge < -0.3 is 4.74 Å². The predicted octanol–water partition coefficient (Wildman–Crippen LogP) is 5.71. The van der Waals surface area contributed by atoms with E-state index in [2.05, 4.69) is 13.2 Å². The Balaban J connectivity index is 2.66. The van der Waals surface area contributed by atoms with Gasteiger partial charge in [0.25, 0.3) is 0 Å². The van der Waals surface area contributed by atoms with Gasteiger partial charge in [-0.05, 0) is 36.8 Å². The Labute approximate surface area is 123 Å². The van der Waals surface area contributed by atoms with Crippen molar-refractivity contribution < 1.29 is 17.9 Å². The molecular formula is C17H19F3O. The zero-order valence-electron chi connectivity index (χ0n) is 12.0. The van der Waals surface area contributed by atoms with E-state index in [4.69, 9.17) is 4.74 Å². The van der Waals surface area contributed by atoms with E-state index in [-0.39, 0.29) is 18.7 Å². The van der Waals surface area contributed by atoms with Gasteiger partial charge in [-0.1, -0.05) is 25.7 Å². The third-order valence-electron chi connectivity index (χ3n) is 2.82. The van der Waals surface area contributed by atoms with Crippen LogP contribution in [-0.2, 0) is 4.74 Å². The van der Waals surface area contributed by atoms with Crippen LogP contribution < -0.4 is 0 Å². The average molecular weight is 296 g/mol. The highest BCUT2D eigenvalue weighted by atomic mass is 19.3. The van der Waals surface area contributed by atoms with Gasteiger partial charge in [-0.15, -0.1) is 0 Å². The molecule has 4 heteroatoms. The molecule has 0 fully saturated rings. The first-order valence-corrected chi connectivity index (χ1v) is 6.71. The molecule has 0 heterocycles. The van der Waals surface area contributed by atoms with Crippen molar-refractivity contribution in [3.05, 3.63) is 66.2 Å². The molecule has 0 N–H and O–H groups in total. The predicted molar refractivity (Wildman–Crippen MR) is 79.3 cm³/mol. The lowest BCUT2D eigenvalue weighted by molar-refractivity contribution is 0.138. The average Bonchev–Trinajstić information content (AvgIpc) is 2.45. The lowest BCUT2D eigenvalue weighted by atomic mass is 10.1. The number of halogens is 3. The molecule has 0 radical (unpaired) electrons. The van der Waals surface area contributed by atoms with E-state index in [9.17, 15) is 13.2 Å². The number of rotatable bonds is 8. The van der Waals surface area contributed by atoms with Crippen LogP contribution in [0.15, 0.2) is 54.8 Å². The third-order valence-corrected chi connectivity index (χ3v) is 2.82. The Kier molecular flexibility index (Phi) is 6.79. The molecular weight excluding hydrogens is 277 g/mol. The van der Waals surface area contributed by atoms with E-state index >= 15 is 0 Å². The fourth-order valence-electron chi connectivity index (χ4n) is 1.65. The van der Waals surface area contributed by atoms with Crippen LogP contribution in [0.2, 0.25) is 0 Å². The van der Waals surface area contributed by atoms with E-state index in [1.54, 1.807) is 18.2 Å². The molecule has 0 bridgehead atoms. The van der Waals surface area contributed by atoms with Gasteiger partial charge in [0, 0.05) is 18.4 Å². The first kappa shape index (κ1) is 17.1. The van der Waals surface area contributed by atoms with Crippen molar-refractivity contribution in [1.82, 2.24) is 0 Å². The first-order valence-electron chi connectivity index (χ1n) is 6.71. The Bertz CT molecular complexity index is 515. The first-order chi connectivity index (χ1) is 9.92. The molecule has 1 aromatic carbocycles. The molecule has 21 heavy (non-hydrogen) atoms. The van der Waals surface area contributed by atoms with Gasteiger partial charge in [0.05, 0.1) is 0 Å². The lowest BCUT2D eigenvalue weighted by Crippen LogP contribution is -1.94. The summed E-state index contributed by atoms with van der Waals surface area (Å²) >= 11 is 0. The molecule has 0 saturated carbocycles. The minimum absolute atomic E-state index is 0.216. The van der Waals surface area contributed by atoms with Crippen LogP contribution in [0.4, 0.5) is 13.2 Å². The largest absolute Gasteiger partial charge is 0.462 e. The third kappa shape index (κ3) is 6.34.